The third-order valence-corrected chi connectivity index (χ3v) is 6.33. The molecule has 2 aromatic carbocycles. The Labute approximate surface area is 195 Å². The van der Waals surface area contributed by atoms with E-state index in [9.17, 15) is 4.79 Å². The minimum absolute atomic E-state index is 0.0464. The highest BCUT2D eigenvalue weighted by molar-refractivity contribution is 5.93. The number of rotatable bonds is 4. The fraction of sp³-hybridized carbons (Fsp3) is 0.370. The largest absolute Gasteiger partial charge is 0.336 e. The van der Waals surface area contributed by atoms with Gasteiger partial charge in [0.25, 0.3) is 5.91 Å². The molecule has 6 nitrogen and oxygen atoms in total. The van der Waals surface area contributed by atoms with Crippen molar-refractivity contribution in [2.24, 2.45) is 0 Å². The first kappa shape index (κ1) is 22.8. The molecule has 0 spiro atoms. The van der Waals surface area contributed by atoms with Gasteiger partial charge in [0.15, 0.2) is 5.69 Å². The van der Waals surface area contributed by atoms with Crippen LogP contribution in [0.1, 0.15) is 55.2 Å². The first-order valence-electron chi connectivity index (χ1n) is 11.5. The number of amides is 1. The predicted molar refractivity (Wildman–Crippen MR) is 130 cm³/mol. The van der Waals surface area contributed by atoms with Crippen LogP contribution in [0.25, 0.3) is 16.9 Å². The van der Waals surface area contributed by atoms with E-state index in [1.807, 2.05) is 47.0 Å². The molecule has 0 aliphatic carbocycles. The quantitative estimate of drug-likeness (QED) is 0.645. The molecular formula is C27H31N5O. The number of carbonyl (C=O) groups is 1. The van der Waals surface area contributed by atoms with Crippen LogP contribution >= 0.6 is 0 Å². The van der Waals surface area contributed by atoms with Gasteiger partial charge < -0.3 is 10.2 Å². The molecule has 3 aromatic rings. The fourth-order valence-corrected chi connectivity index (χ4v) is 4.27. The first-order valence-corrected chi connectivity index (χ1v) is 11.5. The SMILES string of the molecule is CN[C@@H]1CCCN(C(=O)c2cc(-c3ccc(C#N)cc3)n(-c3ccc(C(C)(C)C)cc3)n2)C1. The predicted octanol–water partition coefficient (Wildman–Crippen LogP) is 4.53. The summed E-state index contributed by atoms with van der Waals surface area (Å²) in [5.41, 5.74) is 4.96. The molecule has 1 saturated heterocycles. The topological polar surface area (TPSA) is 74.0 Å². The van der Waals surface area contributed by atoms with Crippen molar-refractivity contribution in [1.29, 1.82) is 5.26 Å². The second kappa shape index (κ2) is 9.21. The van der Waals surface area contributed by atoms with Crippen molar-refractivity contribution in [2.75, 3.05) is 20.1 Å². The van der Waals surface area contributed by atoms with Gasteiger partial charge in [-0.25, -0.2) is 4.68 Å². The Morgan fingerprint density at radius 3 is 2.42 bits per heavy atom. The summed E-state index contributed by atoms with van der Waals surface area (Å²) < 4.78 is 1.83. The maximum atomic E-state index is 13.4. The van der Waals surface area contributed by atoms with Crippen LogP contribution < -0.4 is 5.32 Å². The number of hydrogen-bond donors (Lipinski definition) is 1. The van der Waals surface area contributed by atoms with E-state index in [-0.39, 0.29) is 11.3 Å². The number of nitrogens with zero attached hydrogens (tertiary/aromatic N) is 4. The second-order valence-electron chi connectivity index (χ2n) is 9.69. The molecule has 0 bridgehead atoms. The lowest BCUT2D eigenvalue weighted by atomic mass is 9.87. The minimum atomic E-state index is -0.0464. The van der Waals surface area contributed by atoms with Crippen LogP contribution in [-0.2, 0) is 5.41 Å². The Morgan fingerprint density at radius 2 is 1.82 bits per heavy atom. The number of aromatic nitrogens is 2. The third kappa shape index (κ3) is 4.84. The van der Waals surface area contributed by atoms with E-state index in [0.29, 0.717) is 23.8 Å². The van der Waals surface area contributed by atoms with Crippen LogP contribution in [-0.4, -0.2) is 46.8 Å². The molecule has 0 radical (unpaired) electrons. The Bertz CT molecular complexity index is 1160. The van der Waals surface area contributed by atoms with Gasteiger partial charge in [-0.15, -0.1) is 0 Å². The number of piperidine rings is 1. The first-order chi connectivity index (χ1) is 15.8. The van der Waals surface area contributed by atoms with Gasteiger partial charge >= 0.3 is 0 Å². The number of hydrogen-bond acceptors (Lipinski definition) is 4. The van der Waals surface area contributed by atoms with E-state index >= 15 is 0 Å². The zero-order valence-corrected chi connectivity index (χ0v) is 19.8. The van der Waals surface area contributed by atoms with Crippen LogP contribution in [0.2, 0.25) is 0 Å². The van der Waals surface area contributed by atoms with Crippen molar-refractivity contribution in [1.82, 2.24) is 20.0 Å². The number of benzene rings is 2. The molecule has 1 aliphatic heterocycles. The molecule has 1 N–H and O–H groups in total. The molecule has 1 amide bonds. The van der Waals surface area contributed by atoms with Crippen molar-refractivity contribution in [3.05, 3.63) is 71.4 Å². The maximum absolute atomic E-state index is 13.4. The van der Waals surface area contributed by atoms with Gasteiger partial charge in [0.05, 0.1) is 23.0 Å². The van der Waals surface area contributed by atoms with Gasteiger partial charge in [-0.05, 0) is 61.2 Å². The fourth-order valence-electron chi connectivity index (χ4n) is 4.27. The normalized spacial score (nSPS) is 16.5. The monoisotopic (exact) mass is 441 g/mol. The number of likely N-dealkylation sites (N-methyl/N-ethyl adjacent to an activating group) is 1. The van der Waals surface area contributed by atoms with Crippen LogP contribution in [0.15, 0.2) is 54.6 Å². The van der Waals surface area contributed by atoms with Crippen LogP contribution in [0.5, 0.6) is 0 Å². The number of carbonyl (C=O) groups excluding carboxylic acids is 1. The van der Waals surface area contributed by atoms with E-state index in [2.05, 4.69) is 44.3 Å². The summed E-state index contributed by atoms with van der Waals surface area (Å²) in [5.74, 6) is -0.0464. The smallest absolute Gasteiger partial charge is 0.274 e. The second-order valence-corrected chi connectivity index (χ2v) is 9.69. The highest BCUT2D eigenvalue weighted by Gasteiger charge is 2.26. The standard InChI is InChI=1S/C27H31N5O/c1-27(2,3)21-11-13-23(14-12-21)32-25(20-9-7-19(17-28)8-10-20)16-24(30-32)26(33)31-15-5-6-22(18-31)29-4/h7-14,16,22,29H,5-6,15,18H2,1-4H3/t22-/m1/s1. The van der Waals surface area contributed by atoms with Gasteiger partial charge in [-0.2, -0.15) is 10.4 Å². The molecule has 4 rings (SSSR count). The van der Waals surface area contributed by atoms with Crippen molar-refractivity contribution in [3.63, 3.8) is 0 Å². The van der Waals surface area contributed by atoms with Gasteiger partial charge in [0.1, 0.15) is 0 Å². The molecule has 0 unspecified atom stereocenters. The molecule has 1 aliphatic rings. The Morgan fingerprint density at radius 1 is 1.12 bits per heavy atom. The molecule has 33 heavy (non-hydrogen) atoms. The van der Waals surface area contributed by atoms with Crippen LogP contribution in [0, 0.1) is 11.3 Å². The Balaban J connectivity index is 1.74. The van der Waals surface area contributed by atoms with Gasteiger partial charge in [0.2, 0.25) is 0 Å². The summed E-state index contributed by atoms with van der Waals surface area (Å²) in [4.78, 5) is 15.2. The molecule has 1 atom stereocenters. The van der Waals surface area contributed by atoms with Crippen molar-refractivity contribution in [3.8, 4) is 23.0 Å². The van der Waals surface area contributed by atoms with E-state index in [4.69, 9.17) is 10.4 Å². The van der Waals surface area contributed by atoms with E-state index in [1.165, 1.54) is 5.56 Å². The van der Waals surface area contributed by atoms with Crippen molar-refractivity contribution < 1.29 is 4.79 Å². The molecule has 2 heterocycles. The lowest BCUT2D eigenvalue weighted by Crippen LogP contribution is -2.47. The number of nitriles is 1. The van der Waals surface area contributed by atoms with Crippen LogP contribution in [0.3, 0.4) is 0 Å². The lowest BCUT2D eigenvalue weighted by Gasteiger charge is -2.32. The molecular weight excluding hydrogens is 410 g/mol. The van der Waals surface area contributed by atoms with E-state index in [0.717, 1.165) is 36.3 Å². The Kier molecular flexibility index (Phi) is 6.35. The van der Waals surface area contributed by atoms with Crippen molar-refractivity contribution in [2.45, 2.75) is 45.1 Å². The lowest BCUT2D eigenvalue weighted by molar-refractivity contribution is 0.0691. The average Bonchev–Trinajstić information content (AvgIpc) is 3.28. The number of likely N-dealkylation sites (tertiary alicyclic amines) is 1. The van der Waals surface area contributed by atoms with Gasteiger partial charge in [-0.3, -0.25) is 4.79 Å². The van der Waals surface area contributed by atoms with Crippen LogP contribution in [0.4, 0.5) is 0 Å². The molecule has 1 fully saturated rings. The summed E-state index contributed by atoms with van der Waals surface area (Å²) in [6, 6.07) is 20.1. The summed E-state index contributed by atoms with van der Waals surface area (Å²) in [5, 5.41) is 17.2. The number of nitrogens with one attached hydrogen (secondary N) is 1. The summed E-state index contributed by atoms with van der Waals surface area (Å²) in [6.07, 6.45) is 2.06. The van der Waals surface area contributed by atoms with Gasteiger partial charge in [-0.1, -0.05) is 45.0 Å². The summed E-state index contributed by atoms with van der Waals surface area (Å²) in [6.45, 7) is 7.99. The maximum Gasteiger partial charge on any atom is 0.274 e. The molecule has 6 heteroatoms. The third-order valence-electron chi connectivity index (χ3n) is 6.33. The zero-order valence-electron chi connectivity index (χ0n) is 19.8. The highest BCUT2D eigenvalue weighted by Crippen LogP contribution is 2.28. The van der Waals surface area contributed by atoms with Crippen molar-refractivity contribution >= 4 is 5.91 Å². The summed E-state index contributed by atoms with van der Waals surface area (Å²) >= 11 is 0. The highest BCUT2D eigenvalue weighted by atomic mass is 16.2. The minimum Gasteiger partial charge on any atom is -0.336 e. The molecule has 0 saturated carbocycles. The van der Waals surface area contributed by atoms with Gasteiger partial charge in [0, 0.05) is 24.7 Å². The summed E-state index contributed by atoms with van der Waals surface area (Å²) in [7, 11) is 1.94. The average molecular weight is 442 g/mol. The van der Waals surface area contributed by atoms with E-state index in [1.54, 1.807) is 12.1 Å². The molecule has 170 valence electrons. The Hall–Kier alpha value is -3.43. The zero-order chi connectivity index (χ0) is 23.6. The van der Waals surface area contributed by atoms with E-state index < -0.39 is 0 Å². The molecule has 1 aromatic heterocycles.